The van der Waals surface area contributed by atoms with E-state index in [0.29, 0.717) is 25.7 Å². The Labute approximate surface area is 199 Å². The summed E-state index contributed by atoms with van der Waals surface area (Å²) >= 11 is 0. The van der Waals surface area contributed by atoms with Crippen LogP contribution in [-0.2, 0) is 10.1 Å². The second-order valence-corrected chi connectivity index (χ2v) is 8.76. The van der Waals surface area contributed by atoms with E-state index in [1.807, 2.05) is 0 Å². The number of rotatable bonds is 17. The third-order valence-corrected chi connectivity index (χ3v) is 6.03. The minimum atomic E-state index is -4.22. The van der Waals surface area contributed by atoms with Crippen molar-refractivity contribution in [3.8, 4) is 0 Å². The van der Waals surface area contributed by atoms with Crippen LogP contribution in [0, 0.1) is 0 Å². The Hall–Kier alpha value is 1.51. The fourth-order valence-corrected chi connectivity index (χ4v) is 4.03. The molecule has 0 aliphatic heterocycles. The molecule has 0 aliphatic rings. The number of aliphatic hydroxyl groups is 1. The van der Waals surface area contributed by atoms with Crippen molar-refractivity contribution in [2.24, 2.45) is 0 Å². The molecular weight excluding hydrogens is 363 g/mol. The van der Waals surface area contributed by atoms with Gasteiger partial charge in [-0.25, -0.2) is 8.42 Å². The maximum absolute atomic E-state index is 11.4. The van der Waals surface area contributed by atoms with Crippen LogP contribution in [0.5, 0.6) is 0 Å². The first kappa shape index (κ1) is 28.7. The van der Waals surface area contributed by atoms with E-state index >= 15 is 0 Å². The summed E-state index contributed by atoms with van der Waals surface area (Å²) in [6, 6.07) is 0. The predicted molar refractivity (Wildman–Crippen MR) is 100 cm³/mol. The van der Waals surface area contributed by atoms with Gasteiger partial charge in [0.1, 0.15) is 0 Å². The summed E-state index contributed by atoms with van der Waals surface area (Å²) in [6.45, 7) is 4.31. The molecule has 0 spiro atoms. The van der Waals surface area contributed by atoms with Crippen molar-refractivity contribution < 1.29 is 69.5 Å². The molecule has 0 aliphatic carbocycles. The zero-order chi connectivity index (χ0) is 18.3. The van der Waals surface area contributed by atoms with Crippen molar-refractivity contribution in [1.82, 2.24) is 0 Å². The summed E-state index contributed by atoms with van der Waals surface area (Å²) < 4.78 is 34.2. The summed E-state index contributed by atoms with van der Waals surface area (Å²) in [5.74, 6) is 0. The average Bonchev–Trinajstić information content (AvgIpc) is 2.51. The van der Waals surface area contributed by atoms with E-state index < -0.39 is 15.4 Å². The Morgan fingerprint density at radius 2 is 1.12 bits per heavy atom. The molecule has 0 saturated heterocycles. The molecule has 2 atom stereocenters. The zero-order valence-electron chi connectivity index (χ0n) is 16.8. The van der Waals surface area contributed by atoms with Gasteiger partial charge in [0.05, 0.1) is 16.2 Å². The van der Waals surface area contributed by atoms with Gasteiger partial charge in [0.15, 0.2) is 0 Å². The normalized spacial score (nSPS) is 14.1. The van der Waals surface area contributed by atoms with Gasteiger partial charge in [-0.3, -0.25) is 0 Å². The molecule has 0 aromatic rings. The van der Waals surface area contributed by atoms with Gasteiger partial charge in [0.25, 0.3) is 0 Å². The van der Waals surface area contributed by atoms with E-state index in [0.717, 1.165) is 44.9 Å². The summed E-state index contributed by atoms with van der Waals surface area (Å²) in [5.41, 5.74) is 0. The quantitative estimate of drug-likeness (QED) is 0.230. The molecule has 0 radical (unpaired) electrons. The van der Waals surface area contributed by atoms with Crippen molar-refractivity contribution in [2.75, 3.05) is 0 Å². The molecule has 0 saturated carbocycles. The summed E-state index contributed by atoms with van der Waals surface area (Å²) in [7, 11) is -4.22. The molecule has 1 N–H and O–H groups in total. The molecule has 4 nitrogen and oxygen atoms in total. The second kappa shape index (κ2) is 18.9. The van der Waals surface area contributed by atoms with Gasteiger partial charge in [0, 0.05) is 5.25 Å². The van der Waals surface area contributed by atoms with Crippen LogP contribution in [0.3, 0.4) is 0 Å². The minimum absolute atomic E-state index is 0. The average molecular weight is 403 g/mol. The van der Waals surface area contributed by atoms with Crippen LogP contribution in [0.4, 0.5) is 0 Å². The Balaban J connectivity index is 0. The minimum Gasteiger partial charge on any atom is -0.748 e. The van der Waals surface area contributed by atoms with Crippen LogP contribution in [0.1, 0.15) is 110 Å². The van der Waals surface area contributed by atoms with Crippen LogP contribution in [-0.4, -0.2) is 29.4 Å². The van der Waals surface area contributed by atoms with Gasteiger partial charge >= 0.3 is 51.4 Å². The van der Waals surface area contributed by atoms with E-state index in [2.05, 4.69) is 13.8 Å². The molecule has 0 aromatic heterocycles. The van der Waals surface area contributed by atoms with Crippen LogP contribution in [0.25, 0.3) is 0 Å². The van der Waals surface area contributed by atoms with Crippen LogP contribution < -0.4 is 51.4 Å². The summed E-state index contributed by atoms with van der Waals surface area (Å²) in [4.78, 5) is 0. The van der Waals surface area contributed by atoms with Gasteiger partial charge in [-0.1, -0.05) is 78.1 Å². The Morgan fingerprint density at radius 1 is 0.720 bits per heavy atom. The second-order valence-electron chi connectivity index (χ2n) is 7.11. The standard InChI is InChI=1S/C19H40O4S.K/c1-3-5-7-8-9-10-12-16-19(24(21,22)23)17-13-15-18(20)14-11-6-4-2;/h18-20H,3-17H2,1-2H3,(H,21,22,23);/q;+1/p-1. The molecule has 0 bridgehead atoms. The molecule has 146 valence electrons. The van der Waals surface area contributed by atoms with Crippen molar-refractivity contribution in [2.45, 2.75) is 122 Å². The molecule has 25 heavy (non-hydrogen) atoms. The molecule has 0 amide bonds. The molecular formula is C19H39KO4S. The maximum Gasteiger partial charge on any atom is 1.00 e. The number of unbranched alkanes of at least 4 members (excludes halogenated alkanes) is 8. The van der Waals surface area contributed by atoms with Crippen molar-refractivity contribution >= 4 is 10.1 Å². The Bertz CT molecular complexity index is 374. The maximum atomic E-state index is 11.4. The SMILES string of the molecule is CCCCCCCCCC(CCCC(O)CCCCC)S(=O)(=O)[O-].[K+]. The van der Waals surface area contributed by atoms with E-state index in [1.54, 1.807) is 0 Å². The first-order valence-electron chi connectivity index (χ1n) is 10.0. The largest absolute Gasteiger partial charge is 1.00 e. The number of hydrogen-bond acceptors (Lipinski definition) is 4. The van der Waals surface area contributed by atoms with Crippen LogP contribution >= 0.6 is 0 Å². The van der Waals surface area contributed by atoms with E-state index in [9.17, 15) is 18.1 Å². The van der Waals surface area contributed by atoms with Crippen LogP contribution in [0.2, 0.25) is 0 Å². The Morgan fingerprint density at radius 3 is 1.68 bits per heavy atom. The molecule has 0 rings (SSSR count). The van der Waals surface area contributed by atoms with Gasteiger partial charge < -0.3 is 9.66 Å². The van der Waals surface area contributed by atoms with E-state index in [-0.39, 0.29) is 57.5 Å². The number of hydrogen-bond donors (Lipinski definition) is 1. The van der Waals surface area contributed by atoms with Crippen LogP contribution in [0.15, 0.2) is 0 Å². The van der Waals surface area contributed by atoms with Gasteiger partial charge in [-0.05, 0) is 32.1 Å². The van der Waals surface area contributed by atoms with Gasteiger partial charge in [0.2, 0.25) is 0 Å². The molecule has 0 aromatic carbocycles. The fraction of sp³-hybridized carbons (Fsp3) is 1.00. The zero-order valence-corrected chi connectivity index (χ0v) is 20.8. The monoisotopic (exact) mass is 402 g/mol. The first-order valence-corrected chi connectivity index (χ1v) is 11.5. The topological polar surface area (TPSA) is 77.4 Å². The van der Waals surface area contributed by atoms with Gasteiger partial charge in [-0.2, -0.15) is 0 Å². The summed E-state index contributed by atoms with van der Waals surface area (Å²) in [5, 5.41) is 9.11. The van der Waals surface area contributed by atoms with Crippen molar-refractivity contribution in [3.63, 3.8) is 0 Å². The first-order chi connectivity index (χ1) is 11.4. The third kappa shape index (κ3) is 18.6. The molecule has 0 heterocycles. The van der Waals surface area contributed by atoms with E-state index in [4.69, 9.17) is 0 Å². The van der Waals surface area contributed by atoms with E-state index in [1.165, 1.54) is 25.7 Å². The number of aliphatic hydroxyl groups excluding tert-OH is 1. The van der Waals surface area contributed by atoms with Gasteiger partial charge in [-0.15, -0.1) is 0 Å². The summed E-state index contributed by atoms with van der Waals surface area (Å²) in [6.07, 6.45) is 13.7. The fourth-order valence-electron chi connectivity index (χ4n) is 3.12. The smallest absolute Gasteiger partial charge is 0.748 e. The van der Waals surface area contributed by atoms with Crippen molar-refractivity contribution in [1.29, 1.82) is 0 Å². The molecule has 6 heteroatoms. The molecule has 0 fully saturated rings. The third-order valence-electron chi connectivity index (χ3n) is 4.74. The molecule has 2 unspecified atom stereocenters. The Kier molecular flexibility index (Phi) is 21.7. The predicted octanol–water partition coefficient (Wildman–Crippen LogP) is 2.16. The van der Waals surface area contributed by atoms with Crippen molar-refractivity contribution in [3.05, 3.63) is 0 Å².